The van der Waals surface area contributed by atoms with Gasteiger partial charge in [-0.1, -0.05) is 6.92 Å². The Labute approximate surface area is 86.9 Å². The molecule has 2 N–H and O–H groups in total. The average molecular weight is 201 g/mol. The first-order chi connectivity index (χ1) is 6.83. The van der Waals surface area contributed by atoms with E-state index in [1.165, 1.54) is 6.42 Å². The maximum absolute atomic E-state index is 5.80. The summed E-state index contributed by atoms with van der Waals surface area (Å²) in [5.41, 5.74) is 5.80. The molecule has 3 heteroatoms. The van der Waals surface area contributed by atoms with Crippen LogP contribution in [0.5, 0.6) is 0 Å². The van der Waals surface area contributed by atoms with Crippen LogP contribution < -0.4 is 5.73 Å². The Morgan fingerprint density at radius 2 is 2.43 bits per heavy atom. The third-order valence-electron chi connectivity index (χ3n) is 2.72. The van der Waals surface area contributed by atoms with Gasteiger partial charge in [0.2, 0.25) is 0 Å². The van der Waals surface area contributed by atoms with Gasteiger partial charge >= 0.3 is 0 Å². The number of nitrogens with two attached hydrogens (primary N) is 1. The summed E-state index contributed by atoms with van der Waals surface area (Å²) in [5, 5.41) is 0. The van der Waals surface area contributed by atoms with Crippen molar-refractivity contribution < 1.29 is 9.47 Å². The van der Waals surface area contributed by atoms with Crippen molar-refractivity contribution in [2.45, 2.75) is 51.2 Å². The van der Waals surface area contributed by atoms with Gasteiger partial charge in [0.15, 0.2) is 0 Å². The van der Waals surface area contributed by atoms with Crippen molar-refractivity contribution in [1.29, 1.82) is 0 Å². The molecule has 14 heavy (non-hydrogen) atoms. The van der Waals surface area contributed by atoms with Crippen molar-refractivity contribution >= 4 is 0 Å². The molecule has 84 valence electrons. The van der Waals surface area contributed by atoms with Crippen molar-refractivity contribution in [2.75, 3.05) is 19.8 Å². The van der Waals surface area contributed by atoms with Gasteiger partial charge < -0.3 is 15.2 Å². The molecule has 1 heterocycles. The van der Waals surface area contributed by atoms with Crippen molar-refractivity contribution in [2.24, 2.45) is 5.73 Å². The number of ether oxygens (including phenoxy) is 2. The standard InChI is InChI=1S/C11H23NO2/c1-2-10(12)5-3-7-13-9-11-6-4-8-14-11/h10-11H,2-9,12H2,1H3. The molecule has 0 aliphatic carbocycles. The van der Waals surface area contributed by atoms with E-state index in [1.54, 1.807) is 0 Å². The highest BCUT2D eigenvalue weighted by atomic mass is 16.5. The number of hydrogen-bond donors (Lipinski definition) is 1. The maximum atomic E-state index is 5.80. The molecule has 0 spiro atoms. The van der Waals surface area contributed by atoms with Crippen LogP contribution in [0.4, 0.5) is 0 Å². The van der Waals surface area contributed by atoms with Crippen LogP contribution in [-0.2, 0) is 9.47 Å². The quantitative estimate of drug-likeness (QED) is 0.638. The normalized spacial score (nSPS) is 24.0. The van der Waals surface area contributed by atoms with Crippen LogP contribution in [0.1, 0.15) is 39.0 Å². The molecule has 2 atom stereocenters. The third kappa shape index (κ3) is 4.94. The summed E-state index contributed by atoms with van der Waals surface area (Å²) in [7, 11) is 0. The molecular formula is C11H23NO2. The minimum absolute atomic E-state index is 0.348. The van der Waals surface area contributed by atoms with Crippen LogP contribution in [-0.4, -0.2) is 32.0 Å². The Bertz CT molecular complexity index is 135. The lowest BCUT2D eigenvalue weighted by atomic mass is 10.1. The van der Waals surface area contributed by atoms with Gasteiger partial charge in [-0.25, -0.2) is 0 Å². The zero-order chi connectivity index (χ0) is 10.2. The van der Waals surface area contributed by atoms with Crippen molar-refractivity contribution in [1.82, 2.24) is 0 Å². The molecule has 1 aliphatic heterocycles. The van der Waals surface area contributed by atoms with E-state index in [1.807, 2.05) is 0 Å². The summed E-state index contributed by atoms with van der Waals surface area (Å²) in [6.45, 7) is 4.63. The van der Waals surface area contributed by atoms with Crippen LogP contribution in [0.15, 0.2) is 0 Å². The van der Waals surface area contributed by atoms with Crippen molar-refractivity contribution in [3.8, 4) is 0 Å². The fourth-order valence-corrected chi connectivity index (χ4v) is 1.64. The van der Waals surface area contributed by atoms with E-state index in [2.05, 4.69) is 6.92 Å². The SMILES string of the molecule is CCC(N)CCCOCC1CCCO1. The van der Waals surface area contributed by atoms with Crippen LogP contribution in [0, 0.1) is 0 Å². The highest BCUT2D eigenvalue weighted by Gasteiger charge is 2.14. The highest BCUT2D eigenvalue weighted by Crippen LogP contribution is 2.12. The van der Waals surface area contributed by atoms with Gasteiger partial charge in [-0.15, -0.1) is 0 Å². The lowest BCUT2D eigenvalue weighted by Gasteiger charge is -2.11. The number of rotatable bonds is 7. The molecule has 1 saturated heterocycles. The average Bonchev–Trinajstić information content (AvgIpc) is 2.69. The molecule has 0 bridgehead atoms. The van der Waals surface area contributed by atoms with Gasteiger partial charge in [0.05, 0.1) is 12.7 Å². The molecule has 0 radical (unpaired) electrons. The van der Waals surface area contributed by atoms with Gasteiger partial charge in [0.1, 0.15) is 0 Å². The first-order valence-electron chi connectivity index (χ1n) is 5.78. The predicted molar refractivity (Wildman–Crippen MR) is 57.3 cm³/mol. The smallest absolute Gasteiger partial charge is 0.0809 e. The molecule has 0 aromatic heterocycles. The lowest BCUT2D eigenvalue weighted by Crippen LogP contribution is -2.20. The summed E-state index contributed by atoms with van der Waals surface area (Å²) >= 11 is 0. The van der Waals surface area contributed by atoms with Gasteiger partial charge in [-0.3, -0.25) is 0 Å². The predicted octanol–water partition coefficient (Wildman–Crippen LogP) is 1.70. The molecule has 0 saturated carbocycles. The van der Waals surface area contributed by atoms with Crippen molar-refractivity contribution in [3.63, 3.8) is 0 Å². The zero-order valence-electron chi connectivity index (χ0n) is 9.21. The fraction of sp³-hybridized carbons (Fsp3) is 1.00. The minimum atomic E-state index is 0.348. The van der Waals surface area contributed by atoms with E-state index in [0.29, 0.717) is 12.1 Å². The second-order valence-electron chi connectivity index (χ2n) is 4.02. The van der Waals surface area contributed by atoms with Gasteiger partial charge in [-0.2, -0.15) is 0 Å². The highest BCUT2D eigenvalue weighted by molar-refractivity contribution is 4.63. The third-order valence-corrected chi connectivity index (χ3v) is 2.72. The van der Waals surface area contributed by atoms with Crippen LogP contribution >= 0.6 is 0 Å². The Morgan fingerprint density at radius 1 is 1.57 bits per heavy atom. The molecule has 2 unspecified atom stereocenters. The molecular weight excluding hydrogens is 178 g/mol. The molecule has 0 amide bonds. The largest absolute Gasteiger partial charge is 0.379 e. The van der Waals surface area contributed by atoms with Crippen LogP contribution in [0.25, 0.3) is 0 Å². The second-order valence-corrected chi connectivity index (χ2v) is 4.02. The van der Waals surface area contributed by atoms with E-state index in [9.17, 15) is 0 Å². The van der Waals surface area contributed by atoms with E-state index < -0.39 is 0 Å². The maximum Gasteiger partial charge on any atom is 0.0809 e. The van der Waals surface area contributed by atoms with E-state index in [4.69, 9.17) is 15.2 Å². The Morgan fingerprint density at radius 3 is 3.07 bits per heavy atom. The molecule has 1 fully saturated rings. The van der Waals surface area contributed by atoms with E-state index in [0.717, 1.165) is 45.5 Å². The summed E-state index contributed by atoms with van der Waals surface area (Å²) in [4.78, 5) is 0. The van der Waals surface area contributed by atoms with E-state index in [-0.39, 0.29) is 0 Å². The van der Waals surface area contributed by atoms with Gasteiger partial charge in [-0.05, 0) is 32.1 Å². The van der Waals surface area contributed by atoms with Gasteiger partial charge in [0, 0.05) is 19.3 Å². The first-order valence-corrected chi connectivity index (χ1v) is 5.78. The zero-order valence-corrected chi connectivity index (χ0v) is 9.21. The van der Waals surface area contributed by atoms with Crippen LogP contribution in [0.2, 0.25) is 0 Å². The summed E-state index contributed by atoms with van der Waals surface area (Å²) in [6, 6.07) is 0.348. The Balaban J connectivity index is 1.84. The minimum Gasteiger partial charge on any atom is -0.379 e. The van der Waals surface area contributed by atoms with Crippen LogP contribution in [0.3, 0.4) is 0 Å². The molecule has 1 aliphatic rings. The second kappa shape index (κ2) is 7.21. The fourth-order valence-electron chi connectivity index (χ4n) is 1.64. The molecule has 3 nitrogen and oxygen atoms in total. The van der Waals surface area contributed by atoms with Crippen molar-refractivity contribution in [3.05, 3.63) is 0 Å². The van der Waals surface area contributed by atoms with E-state index >= 15 is 0 Å². The Kier molecular flexibility index (Phi) is 6.15. The number of hydrogen-bond acceptors (Lipinski definition) is 3. The topological polar surface area (TPSA) is 44.5 Å². The first kappa shape index (κ1) is 12.0. The summed E-state index contributed by atoms with van der Waals surface area (Å²) in [5.74, 6) is 0. The Hall–Kier alpha value is -0.120. The monoisotopic (exact) mass is 201 g/mol. The molecule has 0 aromatic rings. The lowest BCUT2D eigenvalue weighted by molar-refractivity contribution is 0.0159. The summed E-state index contributed by atoms with van der Waals surface area (Å²) in [6.07, 6.45) is 5.91. The summed E-state index contributed by atoms with van der Waals surface area (Å²) < 4.78 is 11.0. The molecule has 1 rings (SSSR count). The molecule has 0 aromatic carbocycles. The van der Waals surface area contributed by atoms with Gasteiger partial charge in [0.25, 0.3) is 0 Å².